The molecule has 6 nitrogen and oxygen atoms in total. The molecule has 1 saturated heterocycles. The van der Waals surface area contributed by atoms with Crippen molar-refractivity contribution in [3.05, 3.63) is 73.1 Å². The summed E-state index contributed by atoms with van der Waals surface area (Å²) in [4.78, 5) is 25.3. The number of carbonyl (C=O) groups is 1. The van der Waals surface area contributed by atoms with E-state index in [1.54, 1.807) is 24.9 Å². The molecule has 6 heteroatoms. The molecule has 3 aromatic rings. The van der Waals surface area contributed by atoms with Crippen molar-refractivity contribution in [2.24, 2.45) is 0 Å². The lowest BCUT2D eigenvalue weighted by atomic mass is 10.2. The first-order valence-electron chi connectivity index (χ1n) is 8.35. The fourth-order valence-electron chi connectivity index (χ4n) is 3.13. The van der Waals surface area contributed by atoms with Gasteiger partial charge < -0.3 is 9.80 Å². The van der Waals surface area contributed by atoms with Crippen molar-refractivity contribution in [3.63, 3.8) is 0 Å². The van der Waals surface area contributed by atoms with Crippen molar-refractivity contribution in [1.82, 2.24) is 19.4 Å². The molecule has 0 unspecified atom stereocenters. The number of anilines is 1. The lowest BCUT2D eigenvalue weighted by Crippen LogP contribution is -2.49. The van der Waals surface area contributed by atoms with Crippen LogP contribution in [0.5, 0.6) is 0 Å². The van der Waals surface area contributed by atoms with Crippen molar-refractivity contribution in [1.29, 1.82) is 0 Å². The predicted octanol–water partition coefficient (Wildman–Crippen LogP) is 2.23. The van der Waals surface area contributed by atoms with E-state index >= 15 is 0 Å². The summed E-state index contributed by atoms with van der Waals surface area (Å²) in [6.07, 6.45) is 6.93. The zero-order chi connectivity index (χ0) is 17.1. The Bertz CT molecular complexity index is 839. The van der Waals surface area contributed by atoms with Crippen LogP contribution in [0.4, 0.5) is 5.69 Å². The molecule has 1 aliphatic heterocycles. The third-order valence-corrected chi connectivity index (χ3v) is 4.49. The van der Waals surface area contributed by atoms with Crippen LogP contribution in [0.15, 0.2) is 67.4 Å². The molecular formula is C19H19N5O. The monoisotopic (exact) mass is 333 g/mol. The van der Waals surface area contributed by atoms with Gasteiger partial charge in [0.05, 0.1) is 12.5 Å². The lowest BCUT2D eigenvalue weighted by Gasteiger charge is -2.36. The Morgan fingerprint density at radius 3 is 2.28 bits per heavy atom. The minimum absolute atomic E-state index is 0.0238. The predicted molar refractivity (Wildman–Crippen MR) is 95.9 cm³/mol. The third kappa shape index (κ3) is 3.10. The van der Waals surface area contributed by atoms with Crippen molar-refractivity contribution in [2.75, 3.05) is 31.1 Å². The number of hydrogen-bond acceptors (Lipinski definition) is 4. The number of piperazine rings is 1. The first-order chi connectivity index (χ1) is 12.3. The van der Waals surface area contributed by atoms with Crippen LogP contribution >= 0.6 is 0 Å². The summed E-state index contributed by atoms with van der Waals surface area (Å²) in [7, 11) is 0. The minimum atomic E-state index is 0.0238. The Labute approximate surface area is 146 Å². The van der Waals surface area contributed by atoms with Crippen molar-refractivity contribution in [3.8, 4) is 5.69 Å². The number of aromatic nitrogens is 3. The molecule has 3 heterocycles. The molecule has 0 atom stereocenters. The molecule has 0 radical (unpaired) electrons. The molecule has 1 aromatic carbocycles. The highest BCUT2D eigenvalue weighted by Crippen LogP contribution is 2.17. The molecule has 0 N–H and O–H groups in total. The fourth-order valence-corrected chi connectivity index (χ4v) is 3.13. The number of pyridine rings is 1. The average molecular weight is 333 g/mol. The number of nitrogens with zero attached hydrogens (tertiary/aromatic N) is 5. The van der Waals surface area contributed by atoms with Crippen LogP contribution in [0.2, 0.25) is 0 Å². The van der Waals surface area contributed by atoms with Gasteiger partial charge in [-0.25, -0.2) is 4.98 Å². The van der Waals surface area contributed by atoms with E-state index in [4.69, 9.17) is 0 Å². The van der Waals surface area contributed by atoms with Gasteiger partial charge in [-0.15, -0.1) is 0 Å². The topological polar surface area (TPSA) is 54.3 Å². The van der Waals surface area contributed by atoms with Gasteiger partial charge in [0.2, 0.25) is 0 Å². The van der Waals surface area contributed by atoms with E-state index in [1.807, 2.05) is 51.9 Å². The number of carbonyl (C=O) groups excluding carboxylic acids is 1. The number of amides is 1. The second-order valence-electron chi connectivity index (χ2n) is 5.97. The first-order valence-corrected chi connectivity index (χ1v) is 8.35. The molecule has 4 rings (SSSR count). The molecule has 1 amide bonds. The minimum Gasteiger partial charge on any atom is -0.368 e. The molecule has 2 aromatic heterocycles. The van der Waals surface area contributed by atoms with E-state index in [0.717, 1.165) is 24.5 Å². The Kier molecular flexibility index (Phi) is 4.16. The number of para-hydroxylation sites is 1. The standard InChI is InChI=1S/C19H19N5O/c25-19(18-14-21-15-24(18)17-4-2-1-3-5-17)23-12-10-22(11-13-23)16-6-8-20-9-7-16/h1-9,14-15H,10-13H2. The van der Waals surface area contributed by atoms with E-state index < -0.39 is 0 Å². The zero-order valence-corrected chi connectivity index (χ0v) is 13.8. The Morgan fingerprint density at radius 1 is 0.840 bits per heavy atom. The SMILES string of the molecule is O=C(c1cncn1-c1ccccc1)N1CCN(c2ccncc2)CC1. The smallest absolute Gasteiger partial charge is 0.272 e. The van der Waals surface area contributed by atoms with Crippen LogP contribution in [-0.2, 0) is 0 Å². The van der Waals surface area contributed by atoms with E-state index in [-0.39, 0.29) is 5.91 Å². The zero-order valence-electron chi connectivity index (χ0n) is 13.8. The quantitative estimate of drug-likeness (QED) is 0.737. The van der Waals surface area contributed by atoms with Gasteiger partial charge in [-0.2, -0.15) is 0 Å². The second-order valence-corrected chi connectivity index (χ2v) is 5.97. The van der Waals surface area contributed by atoms with Gasteiger partial charge in [0.15, 0.2) is 0 Å². The lowest BCUT2D eigenvalue weighted by molar-refractivity contribution is 0.0738. The highest BCUT2D eigenvalue weighted by atomic mass is 16.2. The van der Waals surface area contributed by atoms with Gasteiger partial charge >= 0.3 is 0 Å². The second kappa shape index (κ2) is 6.76. The summed E-state index contributed by atoms with van der Waals surface area (Å²) in [6, 6.07) is 13.8. The molecule has 0 saturated carbocycles. The summed E-state index contributed by atoms with van der Waals surface area (Å²) < 4.78 is 1.84. The summed E-state index contributed by atoms with van der Waals surface area (Å²) >= 11 is 0. The van der Waals surface area contributed by atoms with Crippen LogP contribution in [0.25, 0.3) is 5.69 Å². The maximum absolute atomic E-state index is 12.9. The van der Waals surface area contributed by atoms with Crippen LogP contribution in [0.1, 0.15) is 10.5 Å². The summed E-state index contributed by atoms with van der Waals surface area (Å²) in [5, 5.41) is 0. The van der Waals surface area contributed by atoms with Gasteiger partial charge in [-0.05, 0) is 24.3 Å². The first kappa shape index (κ1) is 15.4. The summed E-state index contributed by atoms with van der Waals surface area (Å²) in [5.41, 5.74) is 2.69. The third-order valence-electron chi connectivity index (χ3n) is 4.49. The van der Waals surface area contributed by atoms with E-state index in [1.165, 1.54) is 0 Å². The Morgan fingerprint density at radius 2 is 1.56 bits per heavy atom. The Balaban J connectivity index is 1.48. The molecule has 0 bridgehead atoms. The molecule has 0 spiro atoms. The maximum atomic E-state index is 12.9. The van der Waals surface area contributed by atoms with Crippen LogP contribution < -0.4 is 4.90 Å². The number of hydrogen-bond donors (Lipinski definition) is 0. The molecule has 25 heavy (non-hydrogen) atoms. The molecule has 1 fully saturated rings. The molecule has 1 aliphatic rings. The van der Waals surface area contributed by atoms with Crippen LogP contribution in [-0.4, -0.2) is 51.5 Å². The highest BCUT2D eigenvalue weighted by molar-refractivity contribution is 5.93. The number of imidazole rings is 1. The van der Waals surface area contributed by atoms with E-state index in [2.05, 4.69) is 14.9 Å². The van der Waals surface area contributed by atoms with Gasteiger partial charge in [0.1, 0.15) is 5.69 Å². The van der Waals surface area contributed by atoms with Crippen LogP contribution in [0.3, 0.4) is 0 Å². The molecule has 0 aliphatic carbocycles. The van der Waals surface area contributed by atoms with Gasteiger partial charge in [-0.1, -0.05) is 18.2 Å². The molecular weight excluding hydrogens is 314 g/mol. The van der Waals surface area contributed by atoms with Gasteiger partial charge in [-0.3, -0.25) is 14.3 Å². The van der Waals surface area contributed by atoms with E-state index in [0.29, 0.717) is 18.8 Å². The molecule has 126 valence electrons. The van der Waals surface area contributed by atoms with Crippen molar-refractivity contribution < 1.29 is 4.79 Å². The van der Waals surface area contributed by atoms with E-state index in [9.17, 15) is 4.79 Å². The normalized spacial score (nSPS) is 14.6. The largest absolute Gasteiger partial charge is 0.368 e. The Hall–Kier alpha value is -3.15. The van der Waals surface area contributed by atoms with Gasteiger partial charge in [0.25, 0.3) is 5.91 Å². The number of benzene rings is 1. The maximum Gasteiger partial charge on any atom is 0.272 e. The fraction of sp³-hybridized carbons (Fsp3) is 0.211. The van der Waals surface area contributed by atoms with Crippen molar-refractivity contribution in [2.45, 2.75) is 0 Å². The highest BCUT2D eigenvalue weighted by Gasteiger charge is 2.24. The number of rotatable bonds is 3. The van der Waals surface area contributed by atoms with Crippen LogP contribution in [0, 0.1) is 0 Å². The average Bonchev–Trinajstić information content (AvgIpc) is 3.19. The summed E-state index contributed by atoms with van der Waals surface area (Å²) in [5.74, 6) is 0.0238. The van der Waals surface area contributed by atoms with Crippen molar-refractivity contribution >= 4 is 11.6 Å². The summed E-state index contributed by atoms with van der Waals surface area (Å²) in [6.45, 7) is 3.02. The van der Waals surface area contributed by atoms with Gasteiger partial charge in [0, 0.05) is 49.9 Å².